The molecule has 0 heterocycles. The van der Waals surface area contributed by atoms with Gasteiger partial charge in [-0.05, 0) is 51.4 Å². The summed E-state index contributed by atoms with van der Waals surface area (Å²) in [6.07, 6.45) is 47.3. The maximum atomic E-state index is 12.6. The molecule has 58 heavy (non-hydrogen) atoms. The van der Waals surface area contributed by atoms with Crippen molar-refractivity contribution in [3.8, 4) is 0 Å². The van der Waals surface area contributed by atoms with Crippen molar-refractivity contribution in [3.63, 3.8) is 0 Å². The molecule has 4 N–H and O–H groups in total. The van der Waals surface area contributed by atoms with Gasteiger partial charge in [-0.1, -0.05) is 177 Å². The van der Waals surface area contributed by atoms with Gasteiger partial charge in [-0.3, -0.25) is 23.4 Å². The summed E-state index contributed by atoms with van der Waals surface area (Å²) in [6.45, 7) is 2.70. The van der Waals surface area contributed by atoms with E-state index in [2.05, 4.69) is 67.0 Å². The van der Waals surface area contributed by atoms with Crippen LogP contribution in [-0.2, 0) is 37.5 Å². The number of hydrogen-bond donors (Lipinski definition) is 3. The Bertz CT molecular complexity index is 1210. The second kappa shape index (κ2) is 40.9. The summed E-state index contributed by atoms with van der Waals surface area (Å²) >= 11 is 0. The van der Waals surface area contributed by atoms with Crippen LogP contribution in [0, 0.1) is 0 Å². The first-order valence-corrected chi connectivity index (χ1v) is 23.8. The lowest BCUT2D eigenvalue weighted by Gasteiger charge is -2.20. The van der Waals surface area contributed by atoms with E-state index >= 15 is 0 Å². The first-order valence-electron chi connectivity index (χ1n) is 22.3. The smallest absolute Gasteiger partial charge is 0.472 e. The van der Waals surface area contributed by atoms with Crippen LogP contribution in [0.1, 0.15) is 181 Å². The Morgan fingerprint density at radius 1 is 0.534 bits per heavy atom. The summed E-state index contributed by atoms with van der Waals surface area (Å²) < 4.78 is 32.6. The van der Waals surface area contributed by atoms with Crippen LogP contribution in [0.3, 0.4) is 0 Å². The summed E-state index contributed by atoms with van der Waals surface area (Å²) in [4.78, 5) is 45.9. The molecule has 334 valence electrons. The highest BCUT2D eigenvalue weighted by atomic mass is 31.2. The molecule has 12 heteroatoms. The summed E-state index contributed by atoms with van der Waals surface area (Å²) in [5.74, 6) is -2.48. The topological polar surface area (TPSA) is 172 Å². The molecule has 0 aromatic rings. The number of nitrogens with two attached hydrogens (primary N) is 1. The number of ether oxygens (including phenoxy) is 2. The van der Waals surface area contributed by atoms with E-state index in [1.165, 1.54) is 89.9 Å². The monoisotopic (exact) mass is 838 g/mol. The minimum absolute atomic E-state index is 0.0371. The molecule has 3 atom stereocenters. The number of esters is 2. The molecule has 11 nitrogen and oxygen atoms in total. The first kappa shape index (κ1) is 55.2. The third-order valence-corrected chi connectivity index (χ3v) is 10.2. The minimum atomic E-state index is -4.74. The van der Waals surface area contributed by atoms with Crippen LogP contribution in [0.4, 0.5) is 0 Å². The van der Waals surface area contributed by atoms with Crippen LogP contribution < -0.4 is 5.73 Å². The van der Waals surface area contributed by atoms with Crippen LogP contribution in [0.5, 0.6) is 0 Å². The number of carbonyl (C=O) groups excluding carboxylic acids is 2. The molecule has 0 rings (SSSR count). The second-order valence-electron chi connectivity index (χ2n) is 14.8. The second-order valence-corrected chi connectivity index (χ2v) is 16.3. The van der Waals surface area contributed by atoms with Gasteiger partial charge in [0.1, 0.15) is 12.6 Å². The fraction of sp³-hybridized carbons (Fsp3) is 0.717. The third-order valence-electron chi connectivity index (χ3n) is 9.28. The lowest BCUT2D eigenvalue weighted by Crippen LogP contribution is -2.34. The van der Waals surface area contributed by atoms with Crippen molar-refractivity contribution in [2.75, 3.05) is 19.8 Å². The molecule has 0 aliphatic carbocycles. The normalized spacial score (nSPS) is 14.3. The van der Waals surface area contributed by atoms with Gasteiger partial charge in [0.05, 0.1) is 13.2 Å². The van der Waals surface area contributed by atoms with Gasteiger partial charge < -0.3 is 25.2 Å². The Balaban J connectivity index is 4.48. The number of aliphatic carboxylic acids is 1. The van der Waals surface area contributed by atoms with E-state index in [-0.39, 0.29) is 19.4 Å². The Morgan fingerprint density at radius 2 is 0.948 bits per heavy atom. The molecule has 0 saturated heterocycles. The number of carbonyl (C=O) groups is 3. The van der Waals surface area contributed by atoms with E-state index in [0.717, 1.165) is 51.4 Å². The Morgan fingerprint density at radius 3 is 1.43 bits per heavy atom. The number of hydrogen-bond acceptors (Lipinski definition) is 9. The fourth-order valence-electron chi connectivity index (χ4n) is 5.75. The molecule has 0 spiro atoms. The van der Waals surface area contributed by atoms with Crippen molar-refractivity contribution in [1.82, 2.24) is 0 Å². The molecule has 0 aromatic heterocycles. The number of phosphoric ester groups is 1. The van der Waals surface area contributed by atoms with Gasteiger partial charge in [0, 0.05) is 12.8 Å². The molecule has 1 unspecified atom stereocenters. The fourth-order valence-corrected chi connectivity index (χ4v) is 6.53. The van der Waals surface area contributed by atoms with Crippen LogP contribution >= 0.6 is 7.82 Å². The highest BCUT2D eigenvalue weighted by Gasteiger charge is 2.28. The lowest BCUT2D eigenvalue weighted by molar-refractivity contribution is -0.161. The van der Waals surface area contributed by atoms with Crippen LogP contribution in [0.15, 0.2) is 60.8 Å². The zero-order valence-electron chi connectivity index (χ0n) is 36.1. The molecular formula is C46H80NO10P. The van der Waals surface area contributed by atoms with E-state index in [1.54, 1.807) is 0 Å². The largest absolute Gasteiger partial charge is 0.480 e. The lowest BCUT2D eigenvalue weighted by atomic mass is 10.0. The van der Waals surface area contributed by atoms with Crippen molar-refractivity contribution < 1.29 is 47.5 Å². The number of allylic oxidation sites excluding steroid dienone is 10. The van der Waals surface area contributed by atoms with E-state index in [1.807, 2.05) is 12.2 Å². The van der Waals surface area contributed by atoms with Gasteiger partial charge in [0.15, 0.2) is 6.10 Å². The molecule has 0 aromatic carbocycles. The molecule has 0 amide bonds. The highest BCUT2D eigenvalue weighted by Crippen LogP contribution is 2.43. The third kappa shape index (κ3) is 40.0. The van der Waals surface area contributed by atoms with Gasteiger partial charge in [0.2, 0.25) is 0 Å². The Kier molecular flexibility index (Phi) is 38.9. The molecule has 0 saturated carbocycles. The average Bonchev–Trinajstić information content (AvgIpc) is 3.20. The molecule has 0 radical (unpaired) electrons. The number of unbranched alkanes of at least 4 members (excludes halogenated alkanes) is 17. The molecule has 0 fully saturated rings. The summed E-state index contributed by atoms with van der Waals surface area (Å²) in [6, 6.07) is -1.53. The van der Waals surface area contributed by atoms with Gasteiger partial charge >= 0.3 is 25.7 Å². The summed E-state index contributed by atoms with van der Waals surface area (Å²) in [7, 11) is -4.74. The molecule has 0 aliphatic heterocycles. The van der Waals surface area contributed by atoms with Crippen molar-refractivity contribution >= 4 is 25.7 Å². The van der Waals surface area contributed by atoms with E-state index < -0.39 is 51.1 Å². The average molecular weight is 838 g/mol. The number of carboxylic acid groups (broad SMARTS) is 1. The highest BCUT2D eigenvalue weighted by molar-refractivity contribution is 7.47. The van der Waals surface area contributed by atoms with Gasteiger partial charge in [-0.15, -0.1) is 0 Å². The summed E-state index contributed by atoms with van der Waals surface area (Å²) in [5.41, 5.74) is 5.33. The number of phosphoric acid groups is 1. The Labute approximate surface area is 351 Å². The molecular weight excluding hydrogens is 757 g/mol. The van der Waals surface area contributed by atoms with E-state index in [0.29, 0.717) is 12.8 Å². The minimum Gasteiger partial charge on any atom is -0.480 e. The van der Waals surface area contributed by atoms with Crippen molar-refractivity contribution in [2.24, 2.45) is 5.73 Å². The van der Waals surface area contributed by atoms with Crippen molar-refractivity contribution in [3.05, 3.63) is 60.8 Å². The van der Waals surface area contributed by atoms with Crippen molar-refractivity contribution in [2.45, 2.75) is 193 Å². The van der Waals surface area contributed by atoms with Crippen molar-refractivity contribution in [1.29, 1.82) is 0 Å². The zero-order valence-corrected chi connectivity index (χ0v) is 37.0. The zero-order chi connectivity index (χ0) is 42.8. The maximum Gasteiger partial charge on any atom is 0.472 e. The van der Waals surface area contributed by atoms with E-state index in [9.17, 15) is 23.8 Å². The van der Waals surface area contributed by atoms with Crippen LogP contribution in [0.25, 0.3) is 0 Å². The quantitative estimate of drug-likeness (QED) is 0.0231. The predicted octanol–water partition coefficient (Wildman–Crippen LogP) is 12.0. The molecule has 0 aliphatic rings. The van der Waals surface area contributed by atoms with Gasteiger partial charge in [0.25, 0.3) is 0 Å². The Hall–Kier alpha value is -2.82. The van der Waals surface area contributed by atoms with E-state index in [4.69, 9.17) is 24.8 Å². The van der Waals surface area contributed by atoms with Gasteiger partial charge in [-0.2, -0.15) is 0 Å². The predicted molar refractivity (Wildman–Crippen MR) is 235 cm³/mol. The van der Waals surface area contributed by atoms with Crippen LogP contribution in [-0.4, -0.2) is 59.9 Å². The number of rotatable bonds is 41. The van der Waals surface area contributed by atoms with Crippen LogP contribution in [0.2, 0.25) is 0 Å². The first-order chi connectivity index (χ1) is 28.1. The number of carboxylic acids is 1. The standard InChI is InChI=1S/C46H80NO10P/c1-3-5-7-9-11-13-15-17-19-20-21-22-24-26-28-30-32-34-36-38-45(49)57-42(40-55-58(52,53)56-41-43(47)46(50)51)39-54-44(48)37-35-33-31-29-27-25-23-18-16-14-12-10-8-6-4-2/h11,13,17,19,21-22,26,28,32,34,42-43H,3-10,12,14-16,18,20,23-25,27,29-31,33,35-41,47H2,1-2H3,(H,50,51)(H,52,53)/b13-11+,19-17+,22-21+,28-26+,34-32+/t42-,43+/m1/s1. The van der Waals surface area contributed by atoms with Gasteiger partial charge in [-0.25, -0.2) is 4.57 Å². The SMILES string of the molecule is CCCCC/C=C/C/C=C/C/C=C/C/C=C/C/C=C/CCC(=O)O[C@H](COC(=O)CCCCCCCCCCCCCCCCC)COP(=O)(O)OC[C@H](N)C(=O)O. The molecule has 0 bridgehead atoms. The maximum absolute atomic E-state index is 12.6. The summed E-state index contributed by atoms with van der Waals surface area (Å²) in [5, 5.41) is 8.89.